The molecule has 2 aromatic heterocycles. The third-order valence-electron chi connectivity index (χ3n) is 3.44. The van der Waals surface area contributed by atoms with Gasteiger partial charge in [0.05, 0.1) is 43.4 Å². The van der Waals surface area contributed by atoms with E-state index in [-0.39, 0.29) is 0 Å². The van der Waals surface area contributed by atoms with Gasteiger partial charge in [-0.1, -0.05) is 51.6 Å². The Labute approximate surface area is 165 Å². The Morgan fingerprint density at radius 1 is 1.00 bits per heavy atom. The molecular formula is C16H13Cl4N5. The van der Waals surface area contributed by atoms with Crippen LogP contribution in [0.2, 0.25) is 20.1 Å². The monoisotopic (exact) mass is 415 g/mol. The number of hydrogen-bond donors (Lipinski definition) is 0. The van der Waals surface area contributed by atoms with Crippen LogP contribution < -0.4 is 0 Å². The summed E-state index contributed by atoms with van der Waals surface area (Å²) < 4.78 is 1.65. The van der Waals surface area contributed by atoms with Crippen LogP contribution in [0.3, 0.4) is 0 Å². The molecule has 0 amide bonds. The van der Waals surface area contributed by atoms with Gasteiger partial charge in [-0.25, -0.2) is 4.68 Å². The lowest BCUT2D eigenvalue weighted by Gasteiger charge is -2.15. The molecule has 25 heavy (non-hydrogen) atoms. The van der Waals surface area contributed by atoms with Gasteiger partial charge in [0.2, 0.25) is 0 Å². The van der Waals surface area contributed by atoms with Gasteiger partial charge in [0.25, 0.3) is 0 Å². The number of halogens is 4. The summed E-state index contributed by atoms with van der Waals surface area (Å²) >= 11 is 24.0. The van der Waals surface area contributed by atoms with Crippen LogP contribution in [0, 0.1) is 0 Å². The van der Waals surface area contributed by atoms with Crippen molar-refractivity contribution in [1.82, 2.24) is 24.9 Å². The maximum Gasteiger partial charge on any atom is 0.0971 e. The zero-order valence-corrected chi connectivity index (χ0v) is 16.1. The predicted octanol–water partition coefficient (Wildman–Crippen LogP) is 4.91. The van der Waals surface area contributed by atoms with Gasteiger partial charge in [0.1, 0.15) is 0 Å². The molecule has 130 valence electrons. The quantitative estimate of drug-likeness (QED) is 0.592. The topological polar surface area (TPSA) is 46.8 Å². The van der Waals surface area contributed by atoms with Gasteiger partial charge in [-0.05, 0) is 31.3 Å². The second kappa shape index (κ2) is 7.89. The summed E-state index contributed by atoms with van der Waals surface area (Å²) in [5.41, 5.74) is 2.35. The Morgan fingerprint density at radius 3 is 2.52 bits per heavy atom. The Bertz CT molecular complexity index is 896. The van der Waals surface area contributed by atoms with Crippen LogP contribution in [0.5, 0.6) is 0 Å². The molecule has 0 radical (unpaired) electrons. The summed E-state index contributed by atoms with van der Waals surface area (Å²) in [5, 5.41) is 10.3. The molecule has 0 aliphatic rings. The van der Waals surface area contributed by atoms with Crippen LogP contribution in [0.25, 0.3) is 5.69 Å². The average molecular weight is 417 g/mol. The van der Waals surface area contributed by atoms with E-state index in [9.17, 15) is 0 Å². The van der Waals surface area contributed by atoms with Gasteiger partial charge in [0.15, 0.2) is 0 Å². The minimum absolute atomic E-state index is 0.469. The SMILES string of the molecule is CN(Cc1cn(-c2ccc(Cl)c(Cl)c2)nn1)Cc1ncc(Cl)cc1Cl. The number of hydrogen-bond acceptors (Lipinski definition) is 4. The van der Waals surface area contributed by atoms with Crippen LogP contribution in [0.15, 0.2) is 36.7 Å². The fourth-order valence-electron chi connectivity index (χ4n) is 2.27. The van der Waals surface area contributed by atoms with Gasteiger partial charge in [-0.2, -0.15) is 0 Å². The maximum atomic E-state index is 6.16. The van der Waals surface area contributed by atoms with Crippen LogP contribution >= 0.6 is 46.4 Å². The molecule has 0 aliphatic heterocycles. The van der Waals surface area contributed by atoms with Crippen molar-refractivity contribution in [1.29, 1.82) is 0 Å². The molecule has 3 aromatic rings. The Balaban J connectivity index is 1.69. The molecule has 1 aromatic carbocycles. The second-order valence-corrected chi connectivity index (χ2v) is 7.17. The van der Waals surface area contributed by atoms with Crippen molar-refractivity contribution in [3.05, 3.63) is 68.1 Å². The lowest BCUT2D eigenvalue weighted by Crippen LogP contribution is -2.18. The van der Waals surface area contributed by atoms with Crippen molar-refractivity contribution in [3.63, 3.8) is 0 Å². The normalized spacial score (nSPS) is 11.3. The number of aromatic nitrogens is 4. The molecule has 2 heterocycles. The number of benzene rings is 1. The molecule has 3 rings (SSSR count). The summed E-state index contributed by atoms with van der Waals surface area (Å²) in [6, 6.07) is 6.97. The third kappa shape index (κ3) is 4.63. The molecule has 0 atom stereocenters. The molecule has 9 heteroatoms. The molecule has 0 spiro atoms. The molecule has 0 fully saturated rings. The molecule has 0 saturated carbocycles. The Hall–Kier alpha value is -1.37. The van der Waals surface area contributed by atoms with Gasteiger partial charge in [-0.3, -0.25) is 9.88 Å². The molecule has 0 bridgehead atoms. The number of nitrogens with zero attached hydrogens (tertiary/aromatic N) is 5. The van der Waals surface area contributed by atoms with E-state index in [1.165, 1.54) is 0 Å². The van der Waals surface area contributed by atoms with E-state index in [0.29, 0.717) is 33.2 Å². The van der Waals surface area contributed by atoms with E-state index in [1.54, 1.807) is 29.1 Å². The maximum absolute atomic E-state index is 6.16. The van der Waals surface area contributed by atoms with Crippen molar-refractivity contribution in [3.8, 4) is 5.69 Å². The van der Waals surface area contributed by atoms with Crippen molar-refractivity contribution in [2.45, 2.75) is 13.1 Å². The minimum atomic E-state index is 0.469. The molecule has 0 unspecified atom stereocenters. The third-order valence-corrected chi connectivity index (χ3v) is 4.72. The smallest absolute Gasteiger partial charge is 0.0971 e. The van der Waals surface area contributed by atoms with E-state index in [4.69, 9.17) is 46.4 Å². The number of pyridine rings is 1. The van der Waals surface area contributed by atoms with E-state index in [1.807, 2.05) is 24.2 Å². The van der Waals surface area contributed by atoms with E-state index in [2.05, 4.69) is 15.3 Å². The standard InChI is InChI=1S/C16H13Cl4N5/c1-24(9-16-15(20)4-10(17)6-21-16)7-11-8-25(23-22-11)12-2-3-13(18)14(19)5-12/h2-6,8H,7,9H2,1H3. The summed E-state index contributed by atoms with van der Waals surface area (Å²) in [7, 11) is 1.95. The number of rotatable bonds is 5. The Morgan fingerprint density at radius 2 is 1.80 bits per heavy atom. The molecule has 0 aliphatic carbocycles. The van der Waals surface area contributed by atoms with Crippen molar-refractivity contribution in [2.24, 2.45) is 0 Å². The molecule has 5 nitrogen and oxygen atoms in total. The highest BCUT2D eigenvalue weighted by atomic mass is 35.5. The average Bonchev–Trinajstić information content (AvgIpc) is 3.01. The Kier molecular flexibility index (Phi) is 5.81. The zero-order valence-electron chi connectivity index (χ0n) is 13.1. The van der Waals surface area contributed by atoms with Gasteiger partial charge in [-0.15, -0.1) is 5.10 Å². The zero-order chi connectivity index (χ0) is 18.0. The molecular weight excluding hydrogens is 404 g/mol. The predicted molar refractivity (Wildman–Crippen MR) is 101 cm³/mol. The molecule has 0 saturated heterocycles. The summed E-state index contributed by atoms with van der Waals surface area (Å²) in [5.74, 6) is 0. The molecule has 0 N–H and O–H groups in total. The first-order valence-electron chi connectivity index (χ1n) is 7.27. The summed E-state index contributed by atoms with van der Waals surface area (Å²) in [4.78, 5) is 6.29. The fraction of sp³-hybridized carbons (Fsp3) is 0.188. The van der Waals surface area contributed by atoms with Crippen LogP contribution in [0.4, 0.5) is 0 Å². The van der Waals surface area contributed by atoms with Crippen molar-refractivity contribution in [2.75, 3.05) is 7.05 Å². The fourth-order valence-corrected chi connectivity index (χ4v) is 3.00. The lowest BCUT2D eigenvalue weighted by atomic mass is 10.3. The summed E-state index contributed by atoms with van der Waals surface area (Å²) in [6.45, 7) is 1.15. The van der Waals surface area contributed by atoms with Crippen molar-refractivity contribution >= 4 is 46.4 Å². The van der Waals surface area contributed by atoms with Gasteiger partial charge < -0.3 is 0 Å². The first kappa shape index (κ1) is 18.4. The highest BCUT2D eigenvalue weighted by molar-refractivity contribution is 6.42. The first-order chi connectivity index (χ1) is 11.9. The van der Waals surface area contributed by atoms with Gasteiger partial charge >= 0.3 is 0 Å². The van der Waals surface area contributed by atoms with Gasteiger partial charge in [0, 0.05) is 19.3 Å². The van der Waals surface area contributed by atoms with E-state index < -0.39 is 0 Å². The largest absolute Gasteiger partial charge is 0.295 e. The van der Waals surface area contributed by atoms with Crippen LogP contribution in [-0.2, 0) is 13.1 Å². The van der Waals surface area contributed by atoms with Crippen LogP contribution in [0.1, 0.15) is 11.4 Å². The van der Waals surface area contributed by atoms with E-state index >= 15 is 0 Å². The minimum Gasteiger partial charge on any atom is -0.295 e. The lowest BCUT2D eigenvalue weighted by molar-refractivity contribution is 0.311. The van der Waals surface area contributed by atoms with Crippen LogP contribution in [-0.4, -0.2) is 31.9 Å². The summed E-state index contributed by atoms with van der Waals surface area (Å²) in [6.07, 6.45) is 3.42. The second-order valence-electron chi connectivity index (χ2n) is 5.51. The first-order valence-corrected chi connectivity index (χ1v) is 8.78. The van der Waals surface area contributed by atoms with E-state index in [0.717, 1.165) is 17.1 Å². The van der Waals surface area contributed by atoms with Crippen molar-refractivity contribution < 1.29 is 0 Å². The highest BCUT2D eigenvalue weighted by Crippen LogP contribution is 2.24. The highest BCUT2D eigenvalue weighted by Gasteiger charge is 2.10.